The molecule has 0 spiro atoms. The molecule has 5 aromatic rings. The number of aromatic nitrogens is 3. The SMILES string of the molecule is Cc1cccc(-n2c(CNC(=O)Cc3ccccc3)nnc2SCC(=O)N2N=C(c3cccs3)C[C@H]2c2ccc(F)cc2)c1. The number of hydrogen-bond donors (Lipinski definition) is 1. The number of amides is 2. The van der Waals surface area contributed by atoms with E-state index in [1.165, 1.54) is 28.9 Å². The van der Waals surface area contributed by atoms with E-state index >= 15 is 0 Å². The number of rotatable bonds is 10. The van der Waals surface area contributed by atoms with E-state index < -0.39 is 0 Å². The molecule has 222 valence electrons. The van der Waals surface area contributed by atoms with Gasteiger partial charge in [0, 0.05) is 12.1 Å². The van der Waals surface area contributed by atoms with Gasteiger partial charge >= 0.3 is 0 Å². The number of nitrogens with zero attached hydrogens (tertiary/aromatic N) is 5. The molecule has 0 unspecified atom stereocenters. The molecule has 1 N–H and O–H groups in total. The molecule has 11 heteroatoms. The Hall–Kier alpha value is -4.61. The third-order valence-electron chi connectivity index (χ3n) is 7.16. The zero-order valence-electron chi connectivity index (χ0n) is 23.9. The maximum atomic E-state index is 13.7. The standard InChI is InChI=1S/C33H29FN6O2S2/c1-22-7-5-10-26(17-22)39-30(20-35-31(41)18-23-8-3-2-4-9-23)36-37-33(39)44-21-32(42)40-28(24-12-14-25(34)15-13-24)19-27(38-40)29-11-6-16-43-29/h2-17,28H,18-21H2,1H3,(H,35,41)/t28-/m0/s1. The normalized spacial score (nSPS) is 14.5. The van der Waals surface area contributed by atoms with E-state index in [4.69, 9.17) is 5.10 Å². The van der Waals surface area contributed by atoms with Gasteiger partial charge in [-0.3, -0.25) is 14.2 Å². The maximum absolute atomic E-state index is 13.7. The molecule has 1 aliphatic rings. The monoisotopic (exact) mass is 624 g/mol. The van der Waals surface area contributed by atoms with Gasteiger partial charge in [-0.15, -0.1) is 21.5 Å². The summed E-state index contributed by atoms with van der Waals surface area (Å²) >= 11 is 2.83. The molecule has 0 saturated carbocycles. The number of thioether (sulfide) groups is 1. The van der Waals surface area contributed by atoms with Crippen molar-refractivity contribution in [1.29, 1.82) is 0 Å². The minimum atomic E-state index is -0.342. The number of carbonyl (C=O) groups excluding carboxylic acids is 2. The molecule has 1 aliphatic heterocycles. The van der Waals surface area contributed by atoms with Crippen molar-refractivity contribution in [2.45, 2.75) is 37.5 Å². The van der Waals surface area contributed by atoms with Crippen molar-refractivity contribution < 1.29 is 14.0 Å². The fourth-order valence-electron chi connectivity index (χ4n) is 5.02. The second kappa shape index (κ2) is 13.4. The van der Waals surface area contributed by atoms with E-state index in [1.54, 1.807) is 23.5 Å². The molecular formula is C33H29FN6O2S2. The predicted octanol–water partition coefficient (Wildman–Crippen LogP) is 6.11. The smallest absolute Gasteiger partial charge is 0.253 e. The lowest BCUT2D eigenvalue weighted by Crippen LogP contribution is -2.28. The third-order valence-corrected chi connectivity index (χ3v) is 8.99. The lowest BCUT2D eigenvalue weighted by Gasteiger charge is -2.22. The summed E-state index contributed by atoms with van der Waals surface area (Å²) < 4.78 is 15.6. The average Bonchev–Trinajstić information content (AvgIpc) is 3.80. The number of aryl methyl sites for hydroxylation is 1. The first kappa shape index (κ1) is 29.5. The van der Waals surface area contributed by atoms with Crippen LogP contribution in [0.5, 0.6) is 0 Å². The largest absolute Gasteiger partial charge is 0.348 e. The third kappa shape index (κ3) is 6.79. The van der Waals surface area contributed by atoms with Gasteiger partial charge in [-0.1, -0.05) is 72.4 Å². The molecule has 0 bridgehead atoms. The van der Waals surface area contributed by atoms with Gasteiger partial charge in [0.1, 0.15) is 5.82 Å². The highest BCUT2D eigenvalue weighted by molar-refractivity contribution is 7.99. The summed E-state index contributed by atoms with van der Waals surface area (Å²) in [5.41, 5.74) is 4.45. The number of benzene rings is 3. The highest BCUT2D eigenvalue weighted by Gasteiger charge is 2.33. The minimum Gasteiger partial charge on any atom is -0.348 e. The van der Waals surface area contributed by atoms with Crippen LogP contribution >= 0.6 is 23.1 Å². The molecular weight excluding hydrogens is 596 g/mol. The number of carbonyl (C=O) groups is 2. The summed E-state index contributed by atoms with van der Waals surface area (Å²) in [6.45, 7) is 2.17. The van der Waals surface area contributed by atoms with E-state index in [2.05, 4.69) is 15.5 Å². The van der Waals surface area contributed by atoms with Gasteiger partial charge < -0.3 is 5.32 Å². The Kier molecular flexibility index (Phi) is 8.94. The second-order valence-electron chi connectivity index (χ2n) is 10.3. The molecule has 0 saturated heterocycles. The number of nitrogens with one attached hydrogen (secondary N) is 1. The van der Waals surface area contributed by atoms with Crippen LogP contribution in [0.15, 0.2) is 107 Å². The van der Waals surface area contributed by atoms with E-state index in [0.29, 0.717) is 17.4 Å². The summed E-state index contributed by atoms with van der Waals surface area (Å²) in [6, 6.07) is 27.2. The van der Waals surface area contributed by atoms with Gasteiger partial charge in [0.05, 0.1) is 35.3 Å². The van der Waals surface area contributed by atoms with Crippen LogP contribution < -0.4 is 5.32 Å². The Morgan fingerprint density at radius 3 is 2.57 bits per heavy atom. The molecule has 0 aliphatic carbocycles. The van der Waals surface area contributed by atoms with E-state index in [0.717, 1.165) is 33.0 Å². The second-order valence-corrected chi connectivity index (χ2v) is 12.2. The molecule has 3 aromatic carbocycles. The van der Waals surface area contributed by atoms with E-state index in [-0.39, 0.29) is 42.4 Å². The highest BCUT2D eigenvalue weighted by atomic mass is 32.2. The van der Waals surface area contributed by atoms with Crippen LogP contribution in [0.1, 0.15) is 39.9 Å². The van der Waals surface area contributed by atoms with Crippen molar-refractivity contribution in [1.82, 2.24) is 25.1 Å². The number of thiophene rings is 1. The minimum absolute atomic E-state index is 0.0588. The lowest BCUT2D eigenvalue weighted by molar-refractivity contribution is -0.130. The van der Waals surface area contributed by atoms with Crippen molar-refractivity contribution in [2.75, 3.05) is 5.75 Å². The molecule has 8 nitrogen and oxygen atoms in total. The van der Waals surface area contributed by atoms with Crippen molar-refractivity contribution in [3.05, 3.63) is 130 Å². The van der Waals surface area contributed by atoms with Gasteiger partial charge in [-0.25, -0.2) is 9.40 Å². The predicted molar refractivity (Wildman–Crippen MR) is 170 cm³/mol. The van der Waals surface area contributed by atoms with Crippen molar-refractivity contribution in [3.63, 3.8) is 0 Å². The quantitative estimate of drug-likeness (QED) is 0.190. The highest BCUT2D eigenvalue weighted by Crippen LogP contribution is 2.35. The fraction of sp³-hybridized carbons (Fsp3) is 0.182. The van der Waals surface area contributed by atoms with E-state index in [1.807, 2.05) is 83.6 Å². The van der Waals surface area contributed by atoms with Crippen LogP contribution in [0, 0.1) is 12.7 Å². The Morgan fingerprint density at radius 2 is 1.82 bits per heavy atom. The summed E-state index contributed by atoms with van der Waals surface area (Å²) in [5.74, 6) is -0.0482. The first-order valence-electron chi connectivity index (χ1n) is 14.1. The Balaban J connectivity index is 1.21. The van der Waals surface area contributed by atoms with E-state index in [9.17, 15) is 14.0 Å². The lowest BCUT2D eigenvalue weighted by atomic mass is 10.0. The summed E-state index contributed by atoms with van der Waals surface area (Å²) in [6.07, 6.45) is 0.795. The van der Waals surface area contributed by atoms with Gasteiger partial charge in [-0.2, -0.15) is 5.10 Å². The van der Waals surface area contributed by atoms with Crippen LogP contribution in [0.2, 0.25) is 0 Å². The zero-order valence-corrected chi connectivity index (χ0v) is 25.5. The summed E-state index contributed by atoms with van der Waals surface area (Å²) in [5, 5.41) is 20.5. The summed E-state index contributed by atoms with van der Waals surface area (Å²) in [7, 11) is 0. The average molecular weight is 625 g/mol. The van der Waals surface area contributed by atoms with Crippen molar-refractivity contribution >= 4 is 40.6 Å². The molecule has 6 rings (SSSR count). The molecule has 2 amide bonds. The Bertz CT molecular complexity index is 1790. The Morgan fingerprint density at radius 1 is 1.00 bits per heavy atom. The number of halogens is 1. The molecule has 2 aromatic heterocycles. The molecule has 3 heterocycles. The summed E-state index contributed by atoms with van der Waals surface area (Å²) in [4.78, 5) is 27.4. The van der Waals surface area contributed by atoms with Gasteiger partial charge in [0.25, 0.3) is 5.91 Å². The van der Waals surface area contributed by atoms with Crippen molar-refractivity contribution in [2.24, 2.45) is 5.10 Å². The molecule has 1 atom stereocenters. The van der Waals surface area contributed by atoms with Gasteiger partial charge in [0.15, 0.2) is 11.0 Å². The molecule has 44 heavy (non-hydrogen) atoms. The first-order valence-corrected chi connectivity index (χ1v) is 15.9. The van der Waals surface area contributed by atoms with Crippen LogP contribution in [0.4, 0.5) is 4.39 Å². The van der Waals surface area contributed by atoms with Crippen LogP contribution in [-0.2, 0) is 22.6 Å². The van der Waals surface area contributed by atoms with Crippen LogP contribution in [0.3, 0.4) is 0 Å². The zero-order chi connectivity index (χ0) is 30.5. The fourth-order valence-corrected chi connectivity index (χ4v) is 6.57. The maximum Gasteiger partial charge on any atom is 0.253 e. The number of hydrogen-bond acceptors (Lipinski definition) is 7. The topological polar surface area (TPSA) is 92.5 Å². The number of hydrazone groups is 1. The van der Waals surface area contributed by atoms with Gasteiger partial charge in [0.2, 0.25) is 5.91 Å². The molecule has 0 radical (unpaired) electrons. The first-order chi connectivity index (χ1) is 21.4. The van der Waals surface area contributed by atoms with Crippen LogP contribution in [0.25, 0.3) is 5.69 Å². The van der Waals surface area contributed by atoms with Crippen LogP contribution in [-0.4, -0.2) is 43.1 Å². The molecule has 0 fully saturated rings. The van der Waals surface area contributed by atoms with Gasteiger partial charge in [-0.05, 0) is 59.3 Å². The van der Waals surface area contributed by atoms with Crippen molar-refractivity contribution in [3.8, 4) is 5.69 Å². The Labute approximate surface area is 262 Å².